The van der Waals surface area contributed by atoms with Gasteiger partial charge in [0.1, 0.15) is 11.4 Å². The largest absolute Gasteiger partial charge is 0.484 e. The van der Waals surface area contributed by atoms with Gasteiger partial charge in [0.15, 0.2) is 12.4 Å². The van der Waals surface area contributed by atoms with Crippen LogP contribution in [0, 0.1) is 0 Å². The van der Waals surface area contributed by atoms with E-state index in [2.05, 4.69) is 48.0 Å². The van der Waals surface area contributed by atoms with E-state index in [4.69, 9.17) is 4.74 Å². The van der Waals surface area contributed by atoms with Gasteiger partial charge in [0, 0.05) is 26.2 Å². The molecule has 6 nitrogen and oxygen atoms in total. The molecule has 4 rings (SSSR count). The van der Waals surface area contributed by atoms with Crippen LogP contribution >= 0.6 is 11.3 Å². The summed E-state index contributed by atoms with van der Waals surface area (Å²) < 4.78 is 5.72. The number of carbonyl (C=O) groups is 1. The molecule has 1 amide bonds. The van der Waals surface area contributed by atoms with Crippen molar-refractivity contribution in [1.82, 2.24) is 15.1 Å². The van der Waals surface area contributed by atoms with E-state index in [0.717, 1.165) is 35.2 Å². The van der Waals surface area contributed by atoms with Crippen molar-refractivity contribution in [2.75, 3.05) is 37.7 Å². The molecule has 0 unspecified atom stereocenters. The summed E-state index contributed by atoms with van der Waals surface area (Å²) in [6.07, 6.45) is 0. The van der Waals surface area contributed by atoms with Crippen molar-refractivity contribution in [3.8, 4) is 16.3 Å². The van der Waals surface area contributed by atoms with Crippen molar-refractivity contribution in [2.24, 2.45) is 0 Å². The van der Waals surface area contributed by atoms with E-state index in [0.29, 0.717) is 13.1 Å². The number of aromatic nitrogens is 2. The molecule has 2 aromatic heterocycles. The van der Waals surface area contributed by atoms with Crippen molar-refractivity contribution < 1.29 is 9.53 Å². The Balaban J connectivity index is 1.26. The number of nitrogens with zero attached hydrogens (tertiary/aromatic N) is 4. The SMILES string of the molecule is CC(C)(C)c1ccc(OCC(=O)N2CCN(c3ccc(-c4cccs4)nn3)CC2)cc1. The highest BCUT2D eigenvalue weighted by Gasteiger charge is 2.22. The monoisotopic (exact) mass is 436 g/mol. The van der Waals surface area contributed by atoms with Crippen LogP contribution in [-0.4, -0.2) is 53.8 Å². The number of anilines is 1. The molecule has 0 spiro atoms. The quantitative estimate of drug-likeness (QED) is 0.599. The Morgan fingerprint density at radius 1 is 1.00 bits per heavy atom. The number of piperazine rings is 1. The molecule has 31 heavy (non-hydrogen) atoms. The lowest BCUT2D eigenvalue weighted by Crippen LogP contribution is -2.50. The van der Waals surface area contributed by atoms with Gasteiger partial charge in [-0.15, -0.1) is 21.5 Å². The highest BCUT2D eigenvalue weighted by atomic mass is 32.1. The third-order valence-electron chi connectivity index (χ3n) is 5.46. The summed E-state index contributed by atoms with van der Waals surface area (Å²) in [7, 11) is 0. The van der Waals surface area contributed by atoms with Gasteiger partial charge in [-0.2, -0.15) is 0 Å². The van der Waals surface area contributed by atoms with E-state index in [9.17, 15) is 4.79 Å². The Hall–Kier alpha value is -2.93. The lowest BCUT2D eigenvalue weighted by molar-refractivity contribution is -0.133. The van der Waals surface area contributed by atoms with Gasteiger partial charge < -0.3 is 14.5 Å². The number of hydrogen-bond donors (Lipinski definition) is 0. The average Bonchev–Trinajstić information content (AvgIpc) is 3.32. The molecule has 0 saturated carbocycles. The maximum Gasteiger partial charge on any atom is 0.260 e. The van der Waals surface area contributed by atoms with Crippen molar-refractivity contribution in [3.63, 3.8) is 0 Å². The summed E-state index contributed by atoms with van der Waals surface area (Å²) in [5.41, 5.74) is 2.23. The van der Waals surface area contributed by atoms with E-state index in [1.807, 2.05) is 46.7 Å². The van der Waals surface area contributed by atoms with Crippen LogP contribution in [0.5, 0.6) is 5.75 Å². The molecule has 1 fully saturated rings. The zero-order chi connectivity index (χ0) is 21.8. The molecule has 0 radical (unpaired) electrons. The van der Waals surface area contributed by atoms with Crippen molar-refractivity contribution in [3.05, 3.63) is 59.5 Å². The van der Waals surface area contributed by atoms with Gasteiger partial charge in [-0.3, -0.25) is 4.79 Å². The maximum atomic E-state index is 12.6. The van der Waals surface area contributed by atoms with Crippen LogP contribution in [0.2, 0.25) is 0 Å². The van der Waals surface area contributed by atoms with Crippen molar-refractivity contribution in [1.29, 1.82) is 0 Å². The lowest BCUT2D eigenvalue weighted by atomic mass is 9.87. The van der Waals surface area contributed by atoms with Gasteiger partial charge in [0.25, 0.3) is 5.91 Å². The van der Waals surface area contributed by atoms with Gasteiger partial charge in [0.05, 0.1) is 4.88 Å². The highest BCUT2D eigenvalue weighted by molar-refractivity contribution is 7.13. The molecule has 0 bridgehead atoms. The van der Waals surface area contributed by atoms with E-state index in [1.165, 1.54) is 5.56 Å². The zero-order valence-corrected chi connectivity index (χ0v) is 19.1. The molecule has 1 aliphatic rings. The van der Waals surface area contributed by atoms with E-state index in [-0.39, 0.29) is 17.9 Å². The fraction of sp³-hybridized carbons (Fsp3) is 0.375. The third kappa shape index (κ3) is 5.22. The first-order valence-corrected chi connectivity index (χ1v) is 11.4. The first-order valence-electron chi connectivity index (χ1n) is 10.5. The molecule has 3 heterocycles. The molecule has 7 heteroatoms. The first-order chi connectivity index (χ1) is 14.9. The second kappa shape index (κ2) is 9.06. The molecule has 1 aromatic carbocycles. The number of thiophene rings is 1. The Morgan fingerprint density at radius 3 is 2.32 bits per heavy atom. The van der Waals surface area contributed by atoms with Crippen LogP contribution in [0.1, 0.15) is 26.3 Å². The minimum Gasteiger partial charge on any atom is -0.484 e. The normalized spacial score (nSPS) is 14.5. The topological polar surface area (TPSA) is 58.6 Å². The van der Waals surface area contributed by atoms with Crippen LogP contribution in [0.4, 0.5) is 5.82 Å². The molecule has 0 aliphatic carbocycles. The van der Waals surface area contributed by atoms with Crippen molar-refractivity contribution >= 4 is 23.1 Å². The van der Waals surface area contributed by atoms with Crippen LogP contribution in [-0.2, 0) is 10.2 Å². The third-order valence-corrected chi connectivity index (χ3v) is 6.36. The van der Waals surface area contributed by atoms with E-state index in [1.54, 1.807) is 11.3 Å². The lowest BCUT2D eigenvalue weighted by Gasteiger charge is -2.35. The Kier molecular flexibility index (Phi) is 6.23. The molecular formula is C24H28N4O2S. The van der Waals surface area contributed by atoms with Gasteiger partial charge in [-0.05, 0) is 46.7 Å². The molecule has 3 aromatic rings. The number of rotatable bonds is 5. The maximum absolute atomic E-state index is 12.6. The second-order valence-corrected chi connectivity index (χ2v) is 9.63. The highest BCUT2D eigenvalue weighted by Crippen LogP contribution is 2.25. The van der Waals surface area contributed by atoms with Crippen LogP contribution in [0.15, 0.2) is 53.9 Å². The summed E-state index contributed by atoms with van der Waals surface area (Å²) in [5, 5.41) is 10.8. The molecule has 1 saturated heterocycles. The summed E-state index contributed by atoms with van der Waals surface area (Å²) in [6.45, 7) is 9.36. The molecular weight excluding hydrogens is 408 g/mol. The number of hydrogen-bond acceptors (Lipinski definition) is 6. The number of benzene rings is 1. The second-order valence-electron chi connectivity index (χ2n) is 8.68. The molecule has 0 atom stereocenters. The van der Waals surface area contributed by atoms with E-state index >= 15 is 0 Å². The van der Waals surface area contributed by atoms with Crippen LogP contribution in [0.3, 0.4) is 0 Å². The molecule has 1 aliphatic heterocycles. The average molecular weight is 437 g/mol. The van der Waals surface area contributed by atoms with Crippen LogP contribution < -0.4 is 9.64 Å². The Bertz CT molecular complexity index is 988. The summed E-state index contributed by atoms with van der Waals surface area (Å²) in [5.74, 6) is 1.59. The fourth-order valence-electron chi connectivity index (χ4n) is 3.52. The van der Waals surface area contributed by atoms with Crippen LogP contribution in [0.25, 0.3) is 10.6 Å². The van der Waals surface area contributed by atoms with Gasteiger partial charge in [0.2, 0.25) is 0 Å². The summed E-state index contributed by atoms with van der Waals surface area (Å²) in [4.78, 5) is 17.7. The summed E-state index contributed by atoms with van der Waals surface area (Å²) >= 11 is 1.65. The number of carbonyl (C=O) groups excluding carboxylic acids is 1. The number of amides is 1. The zero-order valence-electron chi connectivity index (χ0n) is 18.2. The fourth-order valence-corrected chi connectivity index (χ4v) is 4.21. The predicted octanol–water partition coefficient (Wildman–Crippen LogP) is 4.23. The Morgan fingerprint density at radius 2 is 1.74 bits per heavy atom. The van der Waals surface area contributed by atoms with E-state index < -0.39 is 0 Å². The number of ether oxygens (including phenoxy) is 1. The van der Waals surface area contributed by atoms with Crippen molar-refractivity contribution in [2.45, 2.75) is 26.2 Å². The molecule has 0 N–H and O–H groups in total. The minimum absolute atomic E-state index is 0.0127. The smallest absolute Gasteiger partial charge is 0.260 e. The van der Waals surface area contributed by atoms with Gasteiger partial charge in [-0.1, -0.05) is 39.0 Å². The standard InChI is InChI=1S/C24H28N4O2S/c1-24(2,3)18-6-8-19(9-7-18)30-17-23(29)28-14-12-27(13-15-28)22-11-10-20(25-26-22)21-5-4-16-31-21/h4-11,16H,12-15,17H2,1-3H3. The molecule has 162 valence electrons. The first kappa shape index (κ1) is 21.3. The minimum atomic E-state index is 0.0127. The van der Waals surface area contributed by atoms with Gasteiger partial charge in [-0.25, -0.2) is 0 Å². The predicted molar refractivity (Wildman–Crippen MR) is 125 cm³/mol. The van der Waals surface area contributed by atoms with Gasteiger partial charge >= 0.3 is 0 Å². The Labute approximate surface area is 187 Å². The summed E-state index contributed by atoms with van der Waals surface area (Å²) in [6, 6.07) is 16.0.